The topological polar surface area (TPSA) is 55.4 Å². The summed E-state index contributed by atoms with van der Waals surface area (Å²) in [6.07, 6.45) is 9.49. The molecule has 0 saturated heterocycles. The van der Waals surface area contributed by atoms with Crippen molar-refractivity contribution >= 4 is 11.9 Å². The van der Waals surface area contributed by atoms with Gasteiger partial charge in [0, 0.05) is 6.54 Å². The Kier molecular flexibility index (Phi) is 3.57. The molecule has 3 atom stereocenters. The van der Waals surface area contributed by atoms with Crippen molar-refractivity contribution in [3.05, 3.63) is 12.2 Å². The number of Topliss-reactive ketones (excluding diaryl/α,β-unsaturated/α-hetero) is 1. The molecular weight excluding hydrogens is 254 g/mol. The van der Waals surface area contributed by atoms with Crippen LogP contribution in [0.1, 0.15) is 39.0 Å². The van der Waals surface area contributed by atoms with E-state index in [1.54, 1.807) is 6.92 Å². The van der Waals surface area contributed by atoms with Crippen LogP contribution in [0, 0.1) is 23.2 Å². The maximum atomic E-state index is 12.0. The first-order valence-corrected chi connectivity index (χ1v) is 7.70. The maximum absolute atomic E-state index is 12.0. The predicted octanol–water partition coefficient (Wildman–Crippen LogP) is 2.68. The average Bonchev–Trinajstić information content (AvgIpc) is 2.95. The highest BCUT2D eigenvalue weighted by molar-refractivity contribution is 5.84. The molecule has 0 aliphatic heterocycles. The third kappa shape index (κ3) is 2.36. The highest BCUT2D eigenvalue weighted by Gasteiger charge is 2.52. The zero-order chi connectivity index (χ0) is 14.2. The largest absolute Gasteiger partial charge is 0.448 e. The van der Waals surface area contributed by atoms with E-state index in [1.807, 2.05) is 0 Å². The van der Waals surface area contributed by atoms with Gasteiger partial charge in [-0.2, -0.15) is 0 Å². The number of rotatable bonds is 5. The number of carbonyl (C=O) groups is 2. The van der Waals surface area contributed by atoms with Gasteiger partial charge in [0.1, 0.15) is 12.4 Å². The molecule has 4 heteroatoms. The molecule has 4 nitrogen and oxygen atoms in total. The lowest BCUT2D eigenvalue weighted by Crippen LogP contribution is -2.41. The van der Waals surface area contributed by atoms with Gasteiger partial charge in [0.15, 0.2) is 0 Å². The van der Waals surface area contributed by atoms with Crippen LogP contribution in [-0.4, -0.2) is 25.0 Å². The number of hydrogen-bond donors (Lipinski definition) is 1. The first-order chi connectivity index (χ1) is 9.60. The van der Waals surface area contributed by atoms with Gasteiger partial charge in [0.25, 0.3) is 0 Å². The van der Waals surface area contributed by atoms with E-state index in [2.05, 4.69) is 17.5 Å². The van der Waals surface area contributed by atoms with Crippen LogP contribution in [-0.2, 0) is 9.53 Å². The molecule has 1 N–H and O–H groups in total. The van der Waals surface area contributed by atoms with Crippen LogP contribution >= 0.6 is 0 Å². The zero-order valence-corrected chi connectivity index (χ0v) is 12.1. The zero-order valence-electron chi connectivity index (χ0n) is 12.1. The second-order valence-corrected chi connectivity index (χ2v) is 6.66. The number of nitrogens with one attached hydrogen (secondary N) is 1. The van der Waals surface area contributed by atoms with E-state index in [0.717, 1.165) is 12.8 Å². The molecule has 3 rings (SSSR count). The number of fused-ring (bicyclic) bond motifs is 2. The van der Waals surface area contributed by atoms with Gasteiger partial charge >= 0.3 is 6.09 Å². The Morgan fingerprint density at radius 3 is 2.65 bits per heavy atom. The molecule has 3 aliphatic rings. The highest BCUT2D eigenvalue weighted by Crippen LogP contribution is 2.52. The van der Waals surface area contributed by atoms with Crippen molar-refractivity contribution in [3.8, 4) is 0 Å². The quantitative estimate of drug-likeness (QED) is 0.786. The second kappa shape index (κ2) is 5.23. The predicted molar refractivity (Wildman–Crippen MR) is 75.2 cm³/mol. The monoisotopic (exact) mass is 277 g/mol. The molecule has 2 fully saturated rings. The third-order valence-corrected chi connectivity index (χ3v) is 5.43. The van der Waals surface area contributed by atoms with Crippen molar-refractivity contribution in [2.75, 3.05) is 13.2 Å². The second-order valence-electron chi connectivity index (χ2n) is 6.66. The van der Waals surface area contributed by atoms with Crippen molar-refractivity contribution in [3.63, 3.8) is 0 Å². The molecule has 3 unspecified atom stereocenters. The SMILES string of the molecule is CC(=O)C1(COC(=O)NCC2CCC2)CC2C=CC1C2. The summed E-state index contributed by atoms with van der Waals surface area (Å²) in [5, 5.41) is 2.82. The van der Waals surface area contributed by atoms with Gasteiger partial charge in [0.2, 0.25) is 0 Å². The van der Waals surface area contributed by atoms with E-state index in [-0.39, 0.29) is 24.4 Å². The summed E-state index contributed by atoms with van der Waals surface area (Å²) >= 11 is 0. The van der Waals surface area contributed by atoms with E-state index in [4.69, 9.17) is 4.74 Å². The van der Waals surface area contributed by atoms with E-state index in [0.29, 0.717) is 18.4 Å². The lowest BCUT2D eigenvalue weighted by Gasteiger charge is -2.32. The number of allylic oxidation sites excluding steroid dienone is 2. The lowest BCUT2D eigenvalue weighted by molar-refractivity contribution is -0.130. The average molecular weight is 277 g/mol. The molecule has 0 aromatic heterocycles. The van der Waals surface area contributed by atoms with Crippen LogP contribution < -0.4 is 5.32 Å². The van der Waals surface area contributed by atoms with Crippen molar-refractivity contribution < 1.29 is 14.3 Å². The number of amides is 1. The molecule has 20 heavy (non-hydrogen) atoms. The number of alkyl carbamates (subject to hydrolysis) is 1. The van der Waals surface area contributed by atoms with Crippen LogP contribution in [0.25, 0.3) is 0 Å². The normalized spacial score (nSPS) is 34.9. The molecule has 0 heterocycles. The number of ketones is 1. The van der Waals surface area contributed by atoms with Crippen LogP contribution in [0.15, 0.2) is 12.2 Å². The van der Waals surface area contributed by atoms with Gasteiger partial charge in [0.05, 0.1) is 5.41 Å². The number of hydrogen-bond acceptors (Lipinski definition) is 3. The Hall–Kier alpha value is -1.32. The Morgan fingerprint density at radius 1 is 1.35 bits per heavy atom. The minimum Gasteiger partial charge on any atom is -0.448 e. The van der Waals surface area contributed by atoms with E-state index >= 15 is 0 Å². The number of carbonyl (C=O) groups excluding carboxylic acids is 2. The molecule has 110 valence electrons. The fourth-order valence-corrected chi connectivity index (χ4v) is 3.80. The van der Waals surface area contributed by atoms with Gasteiger partial charge in [-0.05, 0) is 50.4 Å². The van der Waals surface area contributed by atoms with E-state index in [1.165, 1.54) is 19.3 Å². The van der Waals surface area contributed by atoms with Gasteiger partial charge in [-0.15, -0.1) is 0 Å². The summed E-state index contributed by atoms with van der Waals surface area (Å²) in [5.41, 5.74) is -0.465. The van der Waals surface area contributed by atoms with Crippen LogP contribution in [0.2, 0.25) is 0 Å². The molecule has 0 radical (unpaired) electrons. The van der Waals surface area contributed by atoms with E-state index in [9.17, 15) is 9.59 Å². The van der Waals surface area contributed by atoms with Crippen molar-refractivity contribution in [1.29, 1.82) is 0 Å². The summed E-state index contributed by atoms with van der Waals surface area (Å²) in [5.74, 6) is 1.52. The minimum atomic E-state index is -0.465. The standard InChI is InChI=1S/C16H23NO3/c1-11(18)16(8-13-5-6-14(16)7-13)10-20-15(19)17-9-12-3-2-4-12/h5-6,12-14H,2-4,7-10H2,1H3,(H,17,19). The Labute approximate surface area is 119 Å². The smallest absolute Gasteiger partial charge is 0.407 e. The van der Waals surface area contributed by atoms with Gasteiger partial charge in [-0.25, -0.2) is 4.79 Å². The van der Waals surface area contributed by atoms with E-state index < -0.39 is 5.41 Å². The molecule has 2 saturated carbocycles. The van der Waals surface area contributed by atoms with Crippen LogP contribution in [0.4, 0.5) is 4.79 Å². The maximum Gasteiger partial charge on any atom is 0.407 e. The molecule has 1 amide bonds. The lowest BCUT2D eigenvalue weighted by atomic mass is 9.73. The van der Waals surface area contributed by atoms with Crippen molar-refractivity contribution in [2.45, 2.75) is 39.0 Å². The minimum absolute atomic E-state index is 0.154. The van der Waals surface area contributed by atoms with Gasteiger partial charge in [-0.3, -0.25) is 4.79 Å². The van der Waals surface area contributed by atoms with Crippen LogP contribution in [0.3, 0.4) is 0 Å². The summed E-state index contributed by atoms with van der Waals surface area (Å²) < 4.78 is 5.36. The molecule has 0 aromatic carbocycles. The molecule has 0 spiro atoms. The van der Waals surface area contributed by atoms with Gasteiger partial charge in [-0.1, -0.05) is 18.6 Å². The fraction of sp³-hybridized carbons (Fsp3) is 0.750. The molecular formula is C16H23NO3. The Morgan fingerprint density at radius 2 is 2.15 bits per heavy atom. The summed E-state index contributed by atoms with van der Waals surface area (Å²) in [6.45, 7) is 2.56. The first-order valence-electron chi connectivity index (χ1n) is 7.70. The van der Waals surface area contributed by atoms with Crippen molar-refractivity contribution in [1.82, 2.24) is 5.32 Å². The molecule has 3 aliphatic carbocycles. The van der Waals surface area contributed by atoms with Crippen molar-refractivity contribution in [2.24, 2.45) is 23.2 Å². The highest BCUT2D eigenvalue weighted by atomic mass is 16.5. The summed E-state index contributed by atoms with van der Waals surface area (Å²) in [6, 6.07) is 0. The Balaban J connectivity index is 1.51. The molecule has 0 aromatic rings. The van der Waals surface area contributed by atoms with Gasteiger partial charge < -0.3 is 10.1 Å². The summed E-state index contributed by atoms with van der Waals surface area (Å²) in [7, 11) is 0. The summed E-state index contributed by atoms with van der Waals surface area (Å²) in [4.78, 5) is 23.8. The first kappa shape index (κ1) is 13.7. The molecule has 2 bridgehead atoms. The Bertz CT molecular complexity index is 441. The number of ether oxygens (including phenoxy) is 1. The van der Waals surface area contributed by atoms with Crippen LogP contribution in [0.5, 0.6) is 0 Å². The fourth-order valence-electron chi connectivity index (χ4n) is 3.80. The third-order valence-electron chi connectivity index (χ3n) is 5.43.